The molecule has 0 fully saturated rings. The third-order valence-corrected chi connectivity index (χ3v) is 4.95. The minimum atomic E-state index is -0.625. The van der Waals surface area contributed by atoms with Gasteiger partial charge in [-0.3, -0.25) is 0 Å². The molecule has 0 bridgehead atoms. The average Bonchev–Trinajstić information content (AvgIpc) is 3.09. The van der Waals surface area contributed by atoms with E-state index in [1.165, 1.54) is 0 Å². The maximum atomic E-state index is 12.1. The molecule has 0 aliphatic heterocycles. The molecule has 28 heavy (non-hydrogen) atoms. The zero-order valence-electron chi connectivity index (χ0n) is 16.0. The smallest absolute Gasteiger partial charge is 0.340 e. The lowest BCUT2D eigenvalue weighted by Crippen LogP contribution is -2.32. The number of halogens is 1. The zero-order chi connectivity index (χ0) is 20.1. The molecule has 1 aromatic heterocycles. The van der Waals surface area contributed by atoms with Crippen LogP contribution >= 0.6 is 11.6 Å². The van der Waals surface area contributed by atoms with Crippen molar-refractivity contribution in [3.63, 3.8) is 0 Å². The summed E-state index contributed by atoms with van der Waals surface area (Å²) < 4.78 is 5.13. The maximum absolute atomic E-state index is 12.1. The van der Waals surface area contributed by atoms with E-state index in [2.05, 4.69) is 17.2 Å². The number of ether oxygens (including phenoxy) is 1. The number of nitrogens with one attached hydrogen (secondary N) is 2. The van der Waals surface area contributed by atoms with Gasteiger partial charge in [0.15, 0.2) is 0 Å². The molecule has 5 nitrogen and oxygen atoms in total. The predicted molar refractivity (Wildman–Crippen MR) is 112 cm³/mol. The van der Waals surface area contributed by atoms with Crippen molar-refractivity contribution >= 4 is 28.5 Å². The summed E-state index contributed by atoms with van der Waals surface area (Å²) in [7, 11) is 0. The van der Waals surface area contributed by atoms with Gasteiger partial charge in [0.25, 0.3) is 0 Å². The monoisotopic (exact) mass is 400 g/mol. The predicted octanol–water partition coefficient (Wildman–Crippen LogP) is 4.25. The van der Waals surface area contributed by atoms with Crippen LogP contribution in [0.15, 0.2) is 48.7 Å². The van der Waals surface area contributed by atoms with Crippen molar-refractivity contribution in [1.82, 2.24) is 10.3 Å². The Bertz CT molecular complexity index is 954. The van der Waals surface area contributed by atoms with Gasteiger partial charge in [-0.15, -0.1) is 0 Å². The number of hydrogen-bond acceptors (Lipinski definition) is 4. The van der Waals surface area contributed by atoms with Crippen LogP contribution in [0.1, 0.15) is 41.4 Å². The summed E-state index contributed by atoms with van der Waals surface area (Å²) in [4.78, 5) is 15.3. The normalized spacial score (nSPS) is 13.4. The zero-order valence-corrected chi connectivity index (χ0v) is 16.8. The fourth-order valence-electron chi connectivity index (χ4n) is 3.31. The summed E-state index contributed by atoms with van der Waals surface area (Å²) in [5, 5.41) is 15.3. The lowest BCUT2D eigenvalue weighted by atomic mass is 10.0. The van der Waals surface area contributed by atoms with Crippen LogP contribution in [0.2, 0.25) is 5.02 Å². The van der Waals surface area contributed by atoms with Crippen molar-refractivity contribution in [3.8, 4) is 0 Å². The van der Waals surface area contributed by atoms with Crippen LogP contribution in [0.4, 0.5) is 0 Å². The Hall–Kier alpha value is -2.34. The maximum Gasteiger partial charge on any atom is 0.340 e. The van der Waals surface area contributed by atoms with Gasteiger partial charge in [-0.05, 0) is 49.6 Å². The van der Waals surface area contributed by atoms with Crippen LogP contribution in [0.5, 0.6) is 0 Å². The van der Waals surface area contributed by atoms with Gasteiger partial charge < -0.3 is 20.1 Å². The number of aliphatic hydroxyl groups is 1. The van der Waals surface area contributed by atoms with E-state index in [-0.39, 0.29) is 12.0 Å². The first kappa shape index (κ1) is 20.4. The van der Waals surface area contributed by atoms with Crippen molar-refractivity contribution in [3.05, 3.63) is 70.4 Å². The quantitative estimate of drug-likeness (QED) is 0.494. The number of aromatic amines is 1. The van der Waals surface area contributed by atoms with E-state index in [4.69, 9.17) is 16.3 Å². The summed E-state index contributed by atoms with van der Waals surface area (Å²) >= 11 is 5.99. The molecule has 148 valence electrons. The number of fused-ring (bicyclic) bond motifs is 1. The van der Waals surface area contributed by atoms with Gasteiger partial charge >= 0.3 is 5.97 Å². The first-order chi connectivity index (χ1) is 13.5. The van der Waals surface area contributed by atoms with E-state index in [1.54, 1.807) is 25.1 Å². The van der Waals surface area contributed by atoms with Crippen molar-refractivity contribution in [2.24, 2.45) is 0 Å². The van der Waals surface area contributed by atoms with Crippen LogP contribution in [-0.4, -0.2) is 35.3 Å². The molecule has 0 aliphatic rings. The Morgan fingerprint density at radius 3 is 2.82 bits per heavy atom. The minimum absolute atomic E-state index is 0.138. The lowest BCUT2D eigenvalue weighted by Gasteiger charge is -2.17. The Balaban J connectivity index is 1.65. The fraction of sp³-hybridized carbons (Fsp3) is 0.318. The molecule has 0 amide bonds. The minimum Gasteiger partial charge on any atom is -0.462 e. The largest absolute Gasteiger partial charge is 0.462 e. The topological polar surface area (TPSA) is 74.3 Å². The number of H-pyrrole nitrogens is 1. The fourth-order valence-corrected chi connectivity index (χ4v) is 3.51. The molecule has 3 rings (SSSR count). The molecule has 3 N–H and O–H groups in total. The molecule has 2 atom stereocenters. The molecule has 1 heterocycles. The van der Waals surface area contributed by atoms with E-state index < -0.39 is 6.10 Å². The van der Waals surface area contributed by atoms with Gasteiger partial charge in [-0.2, -0.15) is 0 Å². The van der Waals surface area contributed by atoms with Gasteiger partial charge in [-0.1, -0.05) is 35.9 Å². The second kappa shape index (κ2) is 9.24. The number of carbonyl (C=O) groups is 1. The van der Waals surface area contributed by atoms with Crippen molar-refractivity contribution in [2.45, 2.75) is 32.4 Å². The van der Waals surface area contributed by atoms with Crippen LogP contribution < -0.4 is 5.32 Å². The summed E-state index contributed by atoms with van der Waals surface area (Å²) in [6.45, 7) is 4.64. The van der Waals surface area contributed by atoms with Crippen LogP contribution in [0, 0.1) is 0 Å². The second-order valence-corrected chi connectivity index (χ2v) is 7.28. The highest BCUT2D eigenvalue weighted by Gasteiger charge is 2.16. The van der Waals surface area contributed by atoms with Gasteiger partial charge in [0.2, 0.25) is 0 Å². The Morgan fingerprint density at radius 1 is 1.29 bits per heavy atom. The van der Waals surface area contributed by atoms with Gasteiger partial charge in [0, 0.05) is 29.2 Å². The highest BCUT2D eigenvalue weighted by atomic mass is 35.5. The molecule has 0 saturated carbocycles. The summed E-state index contributed by atoms with van der Waals surface area (Å²) in [5.41, 5.74) is 3.24. The standard InChI is InChI=1S/C22H25ClN2O3/c1-3-28-22(27)19-9-5-8-18-16(12-25-21(18)19)10-14(2)24-13-20(26)15-6-4-7-17(23)11-15/h4-9,11-12,14,20,24-26H,3,10,13H2,1-2H3/t14-,20+/m1/s1. The number of aromatic nitrogens is 1. The summed E-state index contributed by atoms with van der Waals surface area (Å²) in [5.74, 6) is -0.322. The molecule has 0 spiro atoms. The van der Waals surface area contributed by atoms with Crippen LogP contribution in [0.25, 0.3) is 10.9 Å². The van der Waals surface area contributed by atoms with Gasteiger partial charge in [-0.25, -0.2) is 4.79 Å². The molecule has 0 aliphatic carbocycles. The Kier molecular flexibility index (Phi) is 6.73. The van der Waals surface area contributed by atoms with E-state index >= 15 is 0 Å². The molecular weight excluding hydrogens is 376 g/mol. The highest BCUT2D eigenvalue weighted by molar-refractivity contribution is 6.30. The summed E-state index contributed by atoms with van der Waals surface area (Å²) in [6.07, 6.45) is 2.06. The molecular formula is C22H25ClN2O3. The molecule has 3 aromatic rings. The molecule has 2 aromatic carbocycles. The first-order valence-corrected chi connectivity index (χ1v) is 9.80. The van der Waals surface area contributed by atoms with E-state index in [0.29, 0.717) is 23.7 Å². The van der Waals surface area contributed by atoms with Crippen molar-refractivity contribution in [2.75, 3.05) is 13.2 Å². The number of para-hydroxylation sites is 1. The van der Waals surface area contributed by atoms with Gasteiger partial charge in [0.05, 0.1) is 23.8 Å². The van der Waals surface area contributed by atoms with Crippen molar-refractivity contribution < 1.29 is 14.6 Å². The average molecular weight is 401 g/mol. The van der Waals surface area contributed by atoms with E-state index in [1.807, 2.05) is 30.5 Å². The van der Waals surface area contributed by atoms with Gasteiger partial charge in [0.1, 0.15) is 0 Å². The number of carbonyl (C=O) groups excluding carboxylic acids is 1. The second-order valence-electron chi connectivity index (χ2n) is 6.85. The van der Waals surface area contributed by atoms with Crippen molar-refractivity contribution in [1.29, 1.82) is 0 Å². The van der Waals surface area contributed by atoms with Crippen LogP contribution in [0.3, 0.4) is 0 Å². The number of benzene rings is 2. The SMILES string of the molecule is CCOC(=O)c1cccc2c(C[C@@H](C)NC[C@H](O)c3cccc(Cl)c3)c[nH]c12. The first-order valence-electron chi connectivity index (χ1n) is 9.42. The number of hydrogen-bond donors (Lipinski definition) is 3. The molecule has 0 radical (unpaired) electrons. The lowest BCUT2D eigenvalue weighted by molar-refractivity contribution is 0.0528. The Morgan fingerprint density at radius 2 is 2.07 bits per heavy atom. The molecule has 0 saturated heterocycles. The highest BCUT2D eigenvalue weighted by Crippen LogP contribution is 2.24. The number of esters is 1. The van der Waals surface area contributed by atoms with E-state index in [0.717, 1.165) is 28.5 Å². The number of rotatable bonds is 8. The van der Waals surface area contributed by atoms with E-state index in [9.17, 15) is 9.90 Å². The number of aliphatic hydroxyl groups excluding tert-OH is 1. The Labute approximate surface area is 169 Å². The third kappa shape index (κ3) is 4.73. The molecule has 6 heteroatoms. The summed E-state index contributed by atoms with van der Waals surface area (Å²) in [6, 6.07) is 13.0. The molecule has 0 unspecified atom stereocenters. The third-order valence-electron chi connectivity index (χ3n) is 4.72. The van der Waals surface area contributed by atoms with Crippen LogP contribution in [-0.2, 0) is 11.2 Å².